The number of hydrogen-bond acceptors (Lipinski definition) is 3. The van der Waals surface area contributed by atoms with Crippen molar-refractivity contribution in [3.8, 4) is 11.5 Å². The third-order valence-corrected chi connectivity index (χ3v) is 4.05. The minimum atomic E-state index is -0.117. The summed E-state index contributed by atoms with van der Waals surface area (Å²) >= 11 is 11.8. The summed E-state index contributed by atoms with van der Waals surface area (Å²) in [5.74, 6) is 1.18. The molecule has 0 atom stereocenters. The Morgan fingerprint density at radius 3 is 2.52 bits per heavy atom. The van der Waals surface area contributed by atoms with Gasteiger partial charge in [0.1, 0.15) is 0 Å². The van der Waals surface area contributed by atoms with Gasteiger partial charge in [-0.15, -0.1) is 0 Å². The third-order valence-electron chi connectivity index (χ3n) is 3.31. The molecule has 0 radical (unpaired) electrons. The maximum Gasteiger partial charge on any atom is 0.224 e. The van der Waals surface area contributed by atoms with E-state index >= 15 is 0 Å². The fourth-order valence-corrected chi connectivity index (χ4v) is 2.49. The molecule has 0 spiro atoms. The van der Waals surface area contributed by atoms with Gasteiger partial charge in [-0.05, 0) is 36.2 Å². The van der Waals surface area contributed by atoms with Crippen LogP contribution >= 0.6 is 23.2 Å². The van der Waals surface area contributed by atoms with E-state index in [2.05, 4.69) is 5.32 Å². The number of amides is 1. The summed E-state index contributed by atoms with van der Waals surface area (Å²) in [4.78, 5) is 12.1. The molecule has 0 saturated heterocycles. The van der Waals surface area contributed by atoms with Gasteiger partial charge in [0.15, 0.2) is 11.5 Å². The quantitative estimate of drug-likeness (QED) is 0.826. The van der Waals surface area contributed by atoms with Gasteiger partial charge >= 0.3 is 0 Å². The van der Waals surface area contributed by atoms with E-state index in [9.17, 15) is 4.79 Å². The highest BCUT2D eigenvalue weighted by atomic mass is 35.5. The molecular formula is C17H17Cl2NO3. The highest BCUT2D eigenvalue weighted by Crippen LogP contribution is 2.31. The molecule has 122 valence electrons. The van der Waals surface area contributed by atoms with Crippen molar-refractivity contribution in [3.05, 3.63) is 52.0 Å². The number of nitrogens with one attached hydrogen (secondary N) is 1. The van der Waals surface area contributed by atoms with Gasteiger partial charge in [-0.1, -0.05) is 35.3 Å². The van der Waals surface area contributed by atoms with E-state index in [1.807, 2.05) is 18.2 Å². The number of rotatable bonds is 6. The molecule has 0 aliphatic rings. The van der Waals surface area contributed by atoms with E-state index in [0.29, 0.717) is 40.1 Å². The van der Waals surface area contributed by atoms with Crippen molar-refractivity contribution in [1.82, 2.24) is 0 Å². The van der Waals surface area contributed by atoms with Gasteiger partial charge in [0, 0.05) is 12.1 Å². The van der Waals surface area contributed by atoms with Crippen LogP contribution in [-0.4, -0.2) is 20.1 Å². The van der Waals surface area contributed by atoms with Gasteiger partial charge in [-0.3, -0.25) is 4.79 Å². The van der Waals surface area contributed by atoms with Crippen LogP contribution in [0.2, 0.25) is 10.0 Å². The molecule has 1 N–H and O–H groups in total. The molecule has 2 aromatic rings. The van der Waals surface area contributed by atoms with Gasteiger partial charge in [-0.25, -0.2) is 0 Å². The molecule has 0 heterocycles. The number of hydrogen-bond donors (Lipinski definition) is 1. The first-order chi connectivity index (χ1) is 11.0. The Balaban J connectivity index is 2.00. The second kappa shape index (κ2) is 8.09. The first-order valence-electron chi connectivity index (χ1n) is 7.00. The second-order valence-electron chi connectivity index (χ2n) is 4.83. The van der Waals surface area contributed by atoms with Gasteiger partial charge in [-0.2, -0.15) is 0 Å². The van der Waals surface area contributed by atoms with E-state index in [0.717, 1.165) is 5.56 Å². The zero-order valence-corrected chi connectivity index (χ0v) is 14.4. The topological polar surface area (TPSA) is 47.6 Å². The zero-order valence-electron chi connectivity index (χ0n) is 12.9. The minimum Gasteiger partial charge on any atom is -0.493 e. The molecule has 2 rings (SSSR count). The first-order valence-corrected chi connectivity index (χ1v) is 7.75. The molecular weight excluding hydrogens is 337 g/mol. The van der Waals surface area contributed by atoms with Crippen LogP contribution in [0.5, 0.6) is 11.5 Å². The van der Waals surface area contributed by atoms with Crippen LogP contribution in [0.25, 0.3) is 0 Å². The van der Waals surface area contributed by atoms with Crippen LogP contribution in [0, 0.1) is 0 Å². The van der Waals surface area contributed by atoms with Crippen LogP contribution in [0.15, 0.2) is 36.4 Å². The lowest BCUT2D eigenvalue weighted by molar-refractivity contribution is -0.116. The number of carbonyl (C=O) groups is 1. The number of halogens is 2. The Hall–Kier alpha value is -1.91. The lowest BCUT2D eigenvalue weighted by Crippen LogP contribution is -2.12. The van der Waals surface area contributed by atoms with Crippen LogP contribution in [0.4, 0.5) is 5.69 Å². The number of benzene rings is 2. The third kappa shape index (κ3) is 4.53. The molecule has 0 fully saturated rings. The molecule has 23 heavy (non-hydrogen) atoms. The summed E-state index contributed by atoms with van der Waals surface area (Å²) in [7, 11) is 3.16. The van der Waals surface area contributed by atoms with E-state index in [-0.39, 0.29) is 5.91 Å². The molecule has 0 aliphatic heterocycles. The Morgan fingerprint density at radius 2 is 1.87 bits per heavy atom. The molecule has 0 aromatic heterocycles. The fourth-order valence-electron chi connectivity index (χ4n) is 2.20. The molecule has 4 nitrogen and oxygen atoms in total. The summed E-state index contributed by atoms with van der Waals surface area (Å²) < 4.78 is 10.6. The monoisotopic (exact) mass is 353 g/mol. The molecule has 2 aromatic carbocycles. The van der Waals surface area contributed by atoms with Gasteiger partial charge in [0.2, 0.25) is 5.91 Å². The average Bonchev–Trinajstić information content (AvgIpc) is 2.55. The highest BCUT2D eigenvalue weighted by molar-refractivity contribution is 6.42. The Morgan fingerprint density at radius 1 is 1.09 bits per heavy atom. The summed E-state index contributed by atoms with van der Waals surface area (Å²) in [6.45, 7) is 0. The number of carbonyl (C=O) groups excluding carboxylic acids is 1. The van der Waals surface area contributed by atoms with E-state index in [1.165, 1.54) is 0 Å². The molecule has 0 aliphatic carbocycles. The highest BCUT2D eigenvalue weighted by Gasteiger charge is 2.11. The molecule has 0 bridgehead atoms. The van der Waals surface area contributed by atoms with E-state index in [4.69, 9.17) is 32.7 Å². The Bertz CT molecular complexity index is 704. The van der Waals surface area contributed by atoms with Crippen molar-refractivity contribution in [1.29, 1.82) is 0 Å². The zero-order chi connectivity index (χ0) is 16.8. The maximum absolute atomic E-state index is 12.1. The van der Waals surface area contributed by atoms with Crippen molar-refractivity contribution < 1.29 is 14.3 Å². The lowest BCUT2D eigenvalue weighted by Gasteiger charge is -2.12. The Labute approximate surface area is 145 Å². The SMILES string of the molecule is COc1cccc(CCC(=O)Nc2ccc(Cl)c(Cl)c2)c1OC. The molecule has 0 unspecified atom stereocenters. The van der Waals surface area contributed by atoms with Crippen LogP contribution in [0.1, 0.15) is 12.0 Å². The van der Waals surface area contributed by atoms with Crippen LogP contribution in [-0.2, 0) is 11.2 Å². The van der Waals surface area contributed by atoms with E-state index in [1.54, 1.807) is 32.4 Å². The lowest BCUT2D eigenvalue weighted by atomic mass is 10.1. The fraction of sp³-hybridized carbons (Fsp3) is 0.235. The molecule has 0 saturated carbocycles. The second-order valence-corrected chi connectivity index (χ2v) is 5.64. The van der Waals surface area contributed by atoms with Crippen molar-refractivity contribution in [3.63, 3.8) is 0 Å². The maximum atomic E-state index is 12.1. The van der Waals surface area contributed by atoms with Crippen molar-refractivity contribution >= 4 is 34.8 Å². The number of ether oxygens (including phenoxy) is 2. The molecule has 6 heteroatoms. The van der Waals surface area contributed by atoms with Gasteiger partial charge < -0.3 is 14.8 Å². The normalized spacial score (nSPS) is 10.3. The van der Waals surface area contributed by atoms with Gasteiger partial charge in [0.05, 0.1) is 24.3 Å². The number of aryl methyl sites for hydroxylation is 1. The van der Waals surface area contributed by atoms with Crippen molar-refractivity contribution in [2.45, 2.75) is 12.8 Å². The first kappa shape index (κ1) is 17.4. The van der Waals surface area contributed by atoms with Crippen molar-refractivity contribution in [2.75, 3.05) is 19.5 Å². The van der Waals surface area contributed by atoms with Crippen LogP contribution < -0.4 is 14.8 Å². The Kier molecular flexibility index (Phi) is 6.13. The average molecular weight is 354 g/mol. The number of para-hydroxylation sites is 1. The number of anilines is 1. The van der Waals surface area contributed by atoms with Gasteiger partial charge in [0.25, 0.3) is 0 Å². The molecule has 1 amide bonds. The van der Waals surface area contributed by atoms with Crippen molar-refractivity contribution in [2.24, 2.45) is 0 Å². The summed E-state index contributed by atoms with van der Waals surface area (Å²) in [5.41, 5.74) is 1.53. The minimum absolute atomic E-state index is 0.117. The van der Waals surface area contributed by atoms with E-state index < -0.39 is 0 Å². The standard InChI is InChI=1S/C17H17Cl2NO3/c1-22-15-5-3-4-11(17(15)23-2)6-9-16(21)20-12-7-8-13(18)14(19)10-12/h3-5,7-8,10H,6,9H2,1-2H3,(H,20,21). The summed E-state index contributed by atoms with van der Waals surface area (Å²) in [6.07, 6.45) is 0.845. The van der Waals surface area contributed by atoms with Crippen LogP contribution in [0.3, 0.4) is 0 Å². The summed E-state index contributed by atoms with van der Waals surface area (Å²) in [5, 5.41) is 3.64. The largest absolute Gasteiger partial charge is 0.493 e. The predicted molar refractivity (Wildman–Crippen MR) is 93.0 cm³/mol. The predicted octanol–water partition coefficient (Wildman–Crippen LogP) is 4.58. The smallest absolute Gasteiger partial charge is 0.224 e. The summed E-state index contributed by atoms with van der Waals surface area (Å²) in [6, 6.07) is 10.6. The number of methoxy groups -OCH3 is 2.